The van der Waals surface area contributed by atoms with Gasteiger partial charge in [0.1, 0.15) is 22.3 Å². The molecule has 0 aliphatic heterocycles. The third kappa shape index (κ3) is 6.84. The maximum atomic E-state index is 13.3. The highest BCUT2D eigenvalue weighted by atomic mass is 32.2. The Morgan fingerprint density at radius 2 is 1.95 bits per heavy atom. The fraction of sp³-hybridized carbons (Fsp3) is 0.440. The fourth-order valence-corrected chi connectivity index (χ4v) is 6.08. The number of oxime groups is 1. The van der Waals surface area contributed by atoms with Crippen LogP contribution in [0.2, 0.25) is 0 Å². The van der Waals surface area contributed by atoms with E-state index in [-0.39, 0.29) is 22.5 Å². The third-order valence-electron chi connectivity index (χ3n) is 6.03. The van der Waals surface area contributed by atoms with E-state index in [1.54, 1.807) is 0 Å². The van der Waals surface area contributed by atoms with Crippen LogP contribution in [0.15, 0.2) is 46.4 Å². The number of aliphatic hydroxyl groups is 1. The van der Waals surface area contributed by atoms with Crippen molar-refractivity contribution in [2.75, 3.05) is 43.8 Å². The molecule has 1 aliphatic carbocycles. The number of anilines is 2. The van der Waals surface area contributed by atoms with Crippen molar-refractivity contribution in [1.82, 2.24) is 9.97 Å². The Morgan fingerprint density at radius 3 is 2.61 bits per heavy atom. The van der Waals surface area contributed by atoms with Crippen LogP contribution in [0.5, 0.6) is 0 Å². The van der Waals surface area contributed by atoms with Crippen LogP contribution in [0.25, 0.3) is 10.3 Å². The molecule has 11 nitrogen and oxygen atoms in total. The summed E-state index contributed by atoms with van der Waals surface area (Å²) in [5, 5.41) is 17.0. The Hall–Kier alpha value is -3.13. The van der Waals surface area contributed by atoms with E-state index in [2.05, 4.69) is 20.4 Å². The van der Waals surface area contributed by atoms with Crippen LogP contribution in [0, 0.1) is 0 Å². The van der Waals surface area contributed by atoms with Crippen LogP contribution in [-0.4, -0.2) is 80.9 Å². The van der Waals surface area contributed by atoms with E-state index in [1.165, 1.54) is 42.7 Å². The van der Waals surface area contributed by atoms with Gasteiger partial charge >= 0.3 is 0 Å². The van der Waals surface area contributed by atoms with E-state index in [9.17, 15) is 18.3 Å². The molecule has 204 valence electrons. The average molecular weight is 562 g/mol. The van der Waals surface area contributed by atoms with Gasteiger partial charge < -0.3 is 19.6 Å². The number of rotatable bonds is 11. The van der Waals surface area contributed by atoms with E-state index in [1.807, 2.05) is 31.1 Å². The maximum absolute atomic E-state index is 13.3. The van der Waals surface area contributed by atoms with Crippen molar-refractivity contribution in [2.24, 2.45) is 5.16 Å². The van der Waals surface area contributed by atoms with Crippen molar-refractivity contribution in [2.45, 2.75) is 42.8 Å². The average Bonchev–Trinajstić information content (AvgIpc) is 3.49. The number of carbonyl (C=O) groups is 1. The van der Waals surface area contributed by atoms with Crippen molar-refractivity contribution in [3.63, 3.8) is 0 Å². The van der Waals surface area contributed by atoms with Crippen LogP contribution < -0.4 is 10.2 Å². The summed E-state index contributed by atoms with van der Waals surface area (Å²) in [6.07, 6.45) is 1.25. The Morgan fingerprint density at radius 1 is 1.18 bits per heavy atom. The number of aromatic nitrogens is 2. The predicted octanol–water partition coefficient (Wildman–Crippen LogP) is 2.84. The van der Waals surface area contributed by atoms with E-state index >= 15 is 0 Å². The Kier molecular flexibility index (Phi) is 8.92. The summed E-state index contributed by atoms with van der Waals surface area (Å²) in [4.78, 5) is 30.6. The zero-order valence-corrected chi connectivity index (χ0v) is 23.1. The molecule has 0 spiro atoms. The minimum atomic E-state index is -3.50. The van der Waals surface area contributed by atoms with Gasteiger partial charge in [-0.15, -0.1) is 0 Å². The van der Waals surface area contributed by atoms with Gasteiger partial charge in [0.2, 0.25) is 0 Å². The zero-order chi connectivity index (χ0) is 27.3. The molecule has 3 aromatic rings. The lowest BCUT2D eigenvalue weighted by molar-refractivity contribution is -0.110. The Bertz CT molecular complexity index is 1410. The third-order valence-corrected chi connectivity index (χ3v) is 8.73. The lowest BCUT2D eigenvalue weighted by Crippen LogP contribution is -2.25. The minimum Gasteiger partial charge on any atom is -0.393 e. The quantitative estimate of drug-likeness (QED) is 0.205. The number of hydrogen-bond donors (Lipinski definition) is 2. The van der Waals surface area contributed by atoms with Gasteiger partial charge in [0.05, 0.1) is 16.8 Å². The molecule has 1 aliphatic rings. The number of carbonyl (C=O) groups excluding carboxylic acids is 1. The molecule has 1 saturated carbocycles. The smallest absolute Gasteiger partial charge is 0.280 e. The number of sulfone groups is 1. The lowest BCUT2D eigenvalue weighted by atomic mass is 10.1. The van der Waals surface area contributed by atoms with Gasteiger partial charge in [-0.1, -0.05) is 28.6 Å². The van der Waals surface area contributed by atoms with Gasteiger partial charge in [-0.05, 0) is 43.5 Å². The molecule has 2 aromatic heterocycles. The summed E-state index contributed by atoms with van der Waals surface area (Å²) in [7, 11) is 1.80. The molecule has 1 fully saturated rings. The molecule has 2 N–H and O–H groups in total. The van der Waals surface area contributed by atoms with E-state index < -0.39 is 21.8 Å². The summed E-state index contributed by atoms with van der Waals surface area (Å²) in [5.41, 5.74) is 0.996. The molecule has 1 amide bonds. The summed E-state index contributed by atoms with van der Waals surface area (Å²) >= 11 is 1.23. The Labute approximate surface area is 225 Å². The van der Waals surface area contributed by atoms with Crippen molar-refractivity contribution >= 4 is 54.1 Å². The first kappa shape index (κ1) is 27.9. The van der Waals surface area contributed by atoms with Crippen LogP contribution in [0.1, 0.15) is 31.2 Å². The summed E-state index contributed by atoms with van der Waals surface area (Å²) < 4.78 is 30.2. The number of nitrogens with zero attached hydrogens (tertiary/aromatic N) is 4. The first-order valence-electron chi connectivity index (χ1n) is 12.2. The van der Waals surface area contributed by atoms with Gasteiger partial charge in [0.25, 0.3) is 5.91 Å². The van der Waals surface area contributed by atoms with Gasteiger partial charge in [0.15, 0.2) is 20.7 Å². The molecule has 0 bridgehead atoms. The fourth-order valence-electron chi connectivity index (χ4n) is 3.96. The van der Waals surface area contributed by atoms with Crippen molar-refractivity contribution in [3.8, 4) is 0 Å². The number of ether oxygens (including phenoxy) is 1. The molecule has 2 atom stereocenters. The number of fused-ring (bicyclic) bond motifs is 1. The zero-order valence-electron chi connectivity index (χ0n) is 21.5. The normalized spacial score (nSPS) is 18.1. The second-order valence-electron chi connectivity index (χ2n) is 9.19. The summed E-state index contributed by atoms with van der Waals surface area (Å²) in [5.74, 6) is 0.160. The number of hydrogen-bond acceptors (Lipinski definition) is 11. The summed E-state index contributed by atoms with van der Waals surface area (Å²) in [6.45, 7) is 0.346. The highest BCUT2D eigenvalue weighted by Gasteiger charge is 2.26. The number of nitrogens with one attached hydrogen (secondary N) is 1. The van der Waals surface area contributed by atoms with Crippen molar-refractivity contribution in [1.29, 1.82) is 0 Å². The minimum absolute atomic E-state index is 0.0316. The molecule has 0 unspecified atom stereocenters. The second kappa shape index (κ2) is 12.2. The molecule has 2 heterocycles. The molecule has 38 heavy (non-hydrogen) atoms. The number of benzene rings is 1. The van der Waals surface area contributed by atoms with E-state index in [0.717, 1.165) is 5.82 Å². The largest absolute Gasteiger partial charge is 0.393 e. The number of pyridine rings is 1. The topological polar surface area (TPSA) is 143 Å². The number of amides is 1. The molecule has 4 rings (SSSR count). The molecule has 0 radical (unpaired) electrons. The number of aliphatic hydroxyl groups excluding tert-OH is 1. The van der Waals surface area contributed by atoms with Gasteiger partial charge in [-0.3, -0.25) is 10.1 Å². The van der Waals surface area contributed by atoms with Crippen LogP contribution >= 0.6 is 11.3 Å². The molecular weight excluding hydrogens is 530 g/mol. The second-order valence-corrected chi connectivity index (χ2v) is 12.3. The van der Waals surface area contributed by atoms with Crippen molar-refractivity contribution in [3.05, 3.63) is 42.0 Å². The lowest BCUT2D eigenvalue weighted by Gasteiger charge is -2.11. The number of thiazole rings is 1. The van der Waals surface area contributed by atoms with Crippen LogP contribution in [0.4, 0.5) is 10.9 Å². The SMILES string of the molecule is COCCCS(=O)(=O)c1ccc(C(=NO[C@@H]2CC[C@@H](O)C2)C(=O)Nc2nc3ccc(N(C)C)nc3s2)cc1. The molecular formula is C25H31N5O6S2. The predicted molar refractivity (Wildman–Crippen MR) is 147 cm³/mol. The van der Waals surface area contributed by atoms with Gasteiger partial charge in [0, 0.05) is 39.8 Å². The summed E-state index contributed by atoms with van der Waals surface area (Å²) in [6, 6.07) is 9.62. The first-order valence-corrected chi connectivity index (χ1v) is 14.6. The molecule has 0 saturated heterocycles. The maximum Gasteiger partial charge on any atom is 0.280 e. The first-order chi connectivity index (χ1) is 18.2. The van der Waals surface area contributed by atoms with Crippen LogP contribution in [-0.2, 0) is 24.2 Å². The van der Waals surface area contributed by atoms with Gasteiger partial charge in [-0.25, -0.2) is 18.4 Å². The van der Waals surface area contributed by atoms with Crippen LogP contribution in [0.3, 0.4) is 0 Å². The molecule has 13 heteroatoms. The Balaban J connectivity index is 1.57. The molecule has 1 aromatic carbocycles. The van der Waals surface area contributed by atoms with Crippen molar-refractivity contribution < 1.29 is 27.9 Å². The van der Waals surface area contributed by atoms with Gasteiger partial charge in [-0.2, -0.15) is 0 Å². The number of methoxy groups -OCH3 is 1. The highest BCUT2D eigenvalue weighted by Crippen LogP contribution is 2.27. The highest BCUT2D eigenvalue weighted by molar-refractivity contribution is 7.91. The van der Waals surface area contributed by atoms with E-state index in [4.69, 9.17) is 9.57 Å². The standard InChI is InChI=1S/C25H31N5O6S2/c1-30(2)21-12-11-20-24(27-21)37-25(26-20)28-23(32)22(29-36-18-8-7-17(31)15-18)16-5-9-19(10-6-16)38(33,34)14-4-13-35-3/h5-6,9-12,17-18,31H,4,7-8,13-15H2,1-3H3,(H,26,28,32)/t17-,18-/m1/s1. The van der Waals surface area contributed by atoms with E-state index in [0.29, 0.717) is 53.3 Å². The monoisotopic (exact) mass is 561 g/mol.